The van der Waals surface area contributed by atoms with Crippen molar-refractivity contribution < 1.29 is 4.79 Å². The molecule has 88 valence electrons. The number of rotatable bonds is 3. The third-order valence-corrected chi connectivity index (χ3v) is 2.73. The first-order chi connectivity index (χ1) is 7.43. The van der Waals surface area contributed by atoms with Gasteiger partial charge in [-0.3, -0.25) is 4.79 Å². The molecule has 1 N–H and O–H groups in total. The van der Waals surface area contributed by atoms with Crippen LogP contribution in [0.5, 0.6) is 0 Å². The Morgan fingerprint density at radius 1 is 1.31 bits per heavy atom. The molecule has 0 spiro atoms. The van der Waals surface area contributed by atoms with E-state index < -0.39 is 5.38 Å². The van der Waals surface area contributed by atoms with Crippen molar-refractivity contribution in [2.45, 2.75) is 39.0 Å². The summed E-state index contributed by atoms with van der Waals surface area (Å²) < 4.78 is 0. The maximum Gasteiger partial charge on any atom is 0.242 e. The summed E-state index contributed by atoms with van der Waals surface area (Å²) in [6.07, 6.45) is 0. The van der Waals surface area contributed by atoms with Gasteiger partial charge in [0.2, 0.25) is 5.91 Å². The smallest absolute Gasteiger partial charge is 0.242 e. The minimum atomic E-state index is -0.514. The Bertz CT molecular complexity index is 386. The number of aryl methyl sites for hydroxylation is 1. The van der Waals surface area contributed by atoms with Gasteiger partial charge in [0, 0.05) is 5.69 Å². The van der Waals surface area contributed by atoms with Crippen LogP contribution in [0.25, 0.3) is 0 Å². The van der Waals surface area contributed by atoms with Gasteiger partial charge in [-0.1, -0.05) is 32.0 Å². The van der Waals surface area contributed by atoms with Crippen LogP contribution in [0.1, 0.15) is 37.8 Å². The third-order valence-electron chi connectivity index (χ3n) is 2.54. The third kappa shape index (κ3) is 2.99. The standard InChI is InChI=1S/C13H18ClNO/c1-8(2)11-7-5-6-9(3)12(11)15-13(16)10(4)14/h5-8,10H,1-4H3,(H,15,16)/t10-/m0/s1. The number of carbonyl (C=O) groups is 1. The molecule has 1 aromatic carbocycles. The number of nitrogens with one attached hydrogen (secondary N) is 1. The van der Waals surface area contributed by atoms with Gasteiger partial charge < -0.3 is 5.32 Å². The molecule has 1 aromatic rings. The minimum absolute atomic E-state index is 0.155. The van der Waals surface area contributed by atoms with E-state index in [2.05, 4.69) is 19.2 Å². The molecule has 1 rings (SSSR count). The summed E-state index contributed by atoms with van der Waals surface area (Å²) in [6, 6.07) is 6.02. The van der Waals surface area contributed by atoms with E-state index in [9.17, 15) is 4.79 Å². The van der Waals surface area contributed by atoms with Crippen LogP contribution in [-0.4, -0.2) is 11.3 Å². The minimum Gasteiger partial charge on any atom is -0.324 e. The molecule has 0 radical (unpaired) electrons. The molecule has 3 heteroatoms. The second-order valence-electron chi connectivity index (χ2n) is 4.30. The zero-order valence-corrected chi connectivity index (χ0v) is 10.9. The van der Waals surface area contributed by atoms with Gasteiger partial charge in [0.1, 0.15) is 5.38 Å². The molecule has 0 aromatic heterocycles. The molecular weight excluding hydrogens is 222 g/mol. The van der Waals surface area contributed by atoms with E-state index >= 15 is 0 Å². The number of carbonyl (C=O) groups excluding carboxylic acids is 1. The summed E-state index contributed by atoms with van der Waals surface area (Å²) >= 11 is 5.75. The van der Waals surface area contributed by atoms with Crippen LogP contribution in [0.15, 0.2) is 18.2 Å². The van der Waals surface area contributed by atoms with Crippen molar-refractivity contribution in [1.82, 2.24) is 0 Å². The van der Waals surface area contributed by atoms with E-state index in [0.29, 0.717) is 5.92 Å². The van der Waals surface area contributed by atoms with E-state index in [-0.39, 0.29) is 5.91 Å². The molecule has 1 amide bonds. The summed E-state index contributed by atoms with van der Waals surface area (Å²) in [7, 11) is 0. The van der Waals surface area contributed by atoms with Crippen LogP contribution in [0.4, 0.5) is 5.69 Å². The second kappa shape index (κ2) is 5.35. The SMILES string of the molecule is Cc1cccc(C(C)C)c1NC(=O)[C@H](C)Cl. The van der Waals surface area contributed by atoms with E-state index in [1.807, 2.05) is 25.1 Å². The number of hydrogen-bond acceptors (Lipinski definition) is 1. The second-order valence-corrected chi connectivity index (χ2v) is 4.95. The first-order valence-corrected chi connectivity index (χ1v) is 5.91. The summed E-state index contributed by atoms with van der Waals surface area (Å²) in [5, 5.41) is 2.37. The molecule has 0 unspecified atom stereocenters. The molecule has 0 bridgehead atoms. The monoisotopic (exact) mass is 239 g/mol. The van der Waals surface area contributed by atoms with E-state index in [4.69, 9.17) is 11.6 Å². The Kier molecular flexibility index (Phi) is 4.36. The van der Waals surface area contributed by atoms with Gasteiger partial charge in [0.15, 0.2) is 0 Å². The van der Waals surface area contributed by atoms with Gasteiger partial charge in [-0.25, -0.2) is 0 Å². The molecule has 1 atom stereocenters. The van der Waals surface area contributed by atoms with Crippen LogP contribution >= 0.6 is 11.6 Å². The van der Waals surface area contributed by atoms with Crippen molar-refractivity contribution in [1.29, 1.82) is 0 Å². The lowest BCUT2D eigenvalue weighted by Gasteiger charge is -2.16. The lowest BCUT2D eigenvalue weighted by molar-refractivity contribution is -0.115. The van der Waals surface area contributed by atoms with Gasteiger partial charge in [-0.05, 0) is 30.9 Å². The molecule has 0 fully saturated rings. The fourth-order valence-corrected chi connectivity index (χ4v) is 1.62. The van der Waals surface area contributed by atoms with Gasteiger partial charge in [-0.2, -0.15) is 0 Å². The molecule has 0 aliphatic heterocycles. The van der Waals surface area contributed by atoms with Crippen molar-refractivity contribution in [3.63, 3.8) is 0 Å². The first-order valence-electron chi connectivity index (χ1n) is 5.48. The normalized spacial score (nSPS) is 12.6. The van der Waals surface area contributed by atoms with Gasteiger partial charge in [0.25, 0.3) is 0 Å². The van der Waals surface area contributed by atoms with Crippen molar-refractivity contribution in [3.05, 3.63) is 29.3 Å². The molecule has 16 heavy (non-hydrogen) atoms. The zero-order chi connectivity index (χ0) is 12.3. The first kappa shape index (κ1) is 13.0. The zero-order valence-electron chi connectivity index (χ0n) is 10.2. The van der Waals surface area contributed by atoms with Crippen molar-refractivity contribution in [2.75, 3.05) is 5.32 Å². The average Bonchev–Trinajstić information content (AvgIpc) is 2.20. The average molecular weight is 240 g/mol. The lowest BCUT2D eigenvalue weighted by Crippen LogP contribution is -2.21. The predicted molar refractivity (Wildman–Crippen MR) is 69.2 cm³/mol. The molecule has 2 nitrogen and oxygen atoms in total. The maximum atomic E-state index is 11.6. The highest BCUT2D eigenvalue weighted by Gasteiger charge is 2.14. The topological polar surface area (TPSA) is 29.1 Å². The summed E-state index contributed by atoms with van der Waals surface area (Å²) in [5.41, 5.74) is 3.11. The van der Waals surface area contributed by atoms with Crippen LogP contribution < -0.4 is 5.32 Å². The van der Waals surface area contributed by atoms with Gasteiger partial charge in [0.05, 0.1) is 0 Å². The fourth-order valence-electron chi connectivity index (χ4n) is 1.56. The Morgan fingerprint density at radius 2 is 1.94 bits per heavy atom. The number of benzene rings is 1. The van der Waals surface area contributed by atoms with Crippen molar-refractivity contribution >= 4 is 23.2 Å². The molecule has 0 aliphatic carbocycles. The highest BCUT2D eigenvalue weighted by molar-refractivity contribution is 6.32. The molecule has 0 heterocycles. The number of alkyl halides is 1. The van der Waals surface area contributed by atoms with Crippen molar-refractivity contribution in [3.8, 4) is 0 Å². The summed E-state index contributed by atoms with van der Waals surface area (Å²) in [4.78, 5) is 11.6. The number of anilines is 1. The van der Waals surface area contributed by atoms with Gasteiger partial charge >= 0.3 is 0 Å². The van der Waals surface area contributed by atoms with Crippen LogP contribution in [-0.2, 0) is 4.79 Å². The van der Waals surface area contributed by atoms with Crippen molar-refractivity contribution in [2.24, 2.45) is 0 Å². The highest BCUT2D eigenvalue weighted by Crippen LogP contribution is 2.27. The molecule has 0 saturated heterocycles. The summed E-state index contributed by atoms with van der Waals surface area (Å²) in [5.74, 6) is 0.221. The van der Waals surface area contributed by atoms with Crippen LogP contribution in [0, 0.1) is 6.92 Å². The Balaban J connectivity index is 3.06. The number of halogens is 1. The molecular formula is C13H18ClNO. The maximum absolute atomic E-state index is 11.6. The highest BCUT2D eigenvalue weighted by atomic mass is 35.5. The molecule has 0 saturated carbocycles. The fraction of sp³-hybridized carbons (Fsp3) is 0.462. The largest absolute Gasteiger partial charge is 0.324 e. The number of hydrogen-bond donors (Lipinski definition) is 1. The number of para-hydroxylation sites is 1. The van der Waals surface area contributed by atoms with Gasteiger partial charge in [-0.15, -0.1) is 11.6 Å². The summed E-state index contributed by atoms with van der Waals surface area (Å²) in [6.45, 7) is 7.87. The van der Waals surface area contributed by atoms with E-state index in [1.165, 1.54) is 0 Å². The quantitative estimate of drug-likeness (QED) is 0.801. The Labute approximate surface area is 102 Å². The molecule has 0 aliphatic rings. The van der Waals surface area contributed by atoms with Crippen LogP contribution in [0.3, 0.4) is 0 Å². The Morgan fingerprint density at radius 3 is 2.44 bits per heavy atom. The van der Waals surface area contributed by atoms with E-state index in [1.54, 1.807) is 6.92 Å². The lowest BCUT2D eigenvalue weighted by atomic mass is 9.98. The number of amides is 1. The van der Waals surface area contributed by atoms with Crippen LogP contribution in [0.2, 0.25) is 0 Å². The Hall–Kier alpha value is -1.02. The van der Waals surface area contributed by atoms with E-state index in [0.717, 1.165) is 16.8 Å². The predicted octanol–water partition coefficient (Wildman–Crippen LogP) is 3.68.